The van der Waals surface area contributed by atoms with Crippen molar-refractivity contribution in [3.63, 3.8) is 0 Å². The summed E-state index contributed by atoms with van der Waals surface area (Å²) < 4.78 is 6.50. The van der Waals surface area contributed by atoms with E-state index in [4.69, 9.17) is 4.43 Å². The molecule has 0 bridgehead atoms. The van der Waals surface area contributed by atoms with E-state index in [1.807, 2.05) is 0 Å². The summed E-state index contributed by atoms with van der Waals surface area (Å²) in [5.41, 5.74) is 4.23. The van der Waals surface area contributed by atoms with Gasteiger partial charge in [-0.05, 0) is 77.9 Å². The van der Waals surface area contributed by atoms with Crippen molar-refractivity contribution in [3.05, 3.63) is 34.9 Å². The Balaban J connectivity index is 4.69. The molecule has 0 radical (unpaired) electrons. The van der Waals surface area contributed by atoms with Gasteiger partial charge in [0.2, 0.25) is 0 Å². The van der Waals surface area contributed by atoms with Crippen LogP contribution in [0.25, 0.3) is 0 Å². The summed E-state index contributed by atoms with van der Waals surface area (Å²) in [6.45, 7) is 20.2. The Morgan fingerprint density at radius 2 is 1.50 bits per heavy atom. The summed E-state index contributed by atoms with van der Waals surface area (Å²) in [5.74, 6) is 0. The maximum Gasteiger partial charge on any atom is 0.192 e. The quantitative estimate of drug-likeness (QED) is 0.304. The predicted molar refractivity (Wildman–Crippen MR) is 119 cm³/mol. The van der Waals surface area contributed by atoms with Crippen LogP contribution in [0.1, 0.15) is 80.6 Å². The lowest BCUT2D eigenvalue weighted by Crippen LogP contribution is -2.43. The molecule has 3 heteroatoms. The van der Waals surface area contributed by atoms with Gasteiger partial charge in [-0.3, -0.25) is 0 Å². The van der Waals surface area contributed by atoms with Gasteiger partial charge >= 0.3 is 0 Å². The van der Waals surface area contributed by atoms with E-state index in [1.165, 1.54) is 16.7 Å². The normalized spacial score (nSPS) is 15.2. The highest BCUT2D eigenvalue weighted by molar-refractivity contribution is 6.74. The van der Waals surface area contributed by atoms with Crippen molar-refractivity contribution in [1.29, 1.82) is 0 Å². The highest BCUT2D eigenvalue weighted by Gasteiger charge is 2.38. The monoisotopic (exact) mass is 380 g/mol. The summed E-state index contributed by atoms with van der Waals surface area (Å²) in [5, 5.41) is 9.60. The van der Waals surface area contributed by atoms with E-state index >= 15 is 0 Å². The fourth-order valence-electron chi connectivity index (χ4n) is 2.50. The molecule has 0 heterocycles. The van der Waals surface area contributed by atoms with Crippen LogP contribution in [0.2, 0.25) is 18.1 Å². The van der Waals surface area contributed by atoms with Gasteiger partial charge < -0.3 is 9.53 Å². The third-order valence-electron chi connectivity index (χ3n) is 5.26. The van der Waals surface area contributed by atoms with Gasteiger partial charge in [0.25, 0.3) is 0 Å². The highest BCUT2D eigenvalue weighted by atomic mass is 28.4. The molecule has 0 saturated carbocycles. The second-order valence-electron chi connectivity index (χ2n) is 9.35. The van der Waals surface area contributed by atoms with E-state index in [1.54, 1.807) is 0 Å². The molecule has 0 amide bonds. The average molecular weight is 381 g/mol. The molecule has 0 saturated heterocycles. The highest BCUT2D eigenvalue weighted by Crippen LogP contribution is 2.37. The first kappa shape index (κ1) is 25.4. The van der Waals surface area contributed by atoms with Gasteiger partial charge in [-0.25, -0.2) is 0 Å². The topological polar surface area (TPSA) is 29.5 Å². The number of allylic oxidation sites excluding steroid dienone is 5. The van der Waals surface area contributed by atoms with Crippen LogP contribution in [0, 0.1) is 0 Å². The minimum Gasteiger partial charge on any atom is -0.410 e. The SMILES string of the molecule is CC(C)=CCCC(C)=CCCC(C)=CC(CCO)O[Si](C)(C)C(C)(C)C. The lowest BCUT2D eigenvalue weighted by molar-refractivity contribution is 0.173. The van der Waals surface area contributed by atoms with Crippen LogP contribution in [0.3, 0.4) is 0 Å². The first-order valence-corrected chi connectivity index (χ1v) is 13.0. The molecule has 0 aromatic heterocycles. The second-order valence-corrected chi connectivity index (χ2v) is 14.1. The standard InChI is InChI=1S/C23H44O2Si/c1-19(2)12-10-13-20(3)14-11-15-21(4)18-22(16-17-24)25-26(8,9)23(5,6)7/h12,14,18,22,24H,10-11,13,15-17H2,1-9H3. The van der Waals surface area contributed by atoms with Gasteiger partial charge in [-0.1, -0.05) is 55.7 Å². The van der Waals surface area contributed by atoms with Gasteiger partial charge in [0.05, 0.1) is 6.10 Å². The molecule has 1 N–H and O–H groups in total. The number of rotatable bonds is 11. The molecule has 152 valence electrons. The van der Waals surface area contributed by atoms with Crippen molar-refractivity contribution in [2.45, 2.75) is 105 Å². The summed E-state index contributed by atoms with van der Waals surface area (Å²) in [6, 6.07) is 0. The first-order valence-electron chi connectivity index (χ1n) is 10.1. The van der Waals surface area contributed by atoms with E-state index in [2.05, 4.69) is 79.8 Å². The molecule has 0 spiro atoms. The maximum atomic E-state index is 9.41. The van der Waals surface area contributed by atoms with E-state index < -0.39 is 8.32 Å². The molecule has 2 nitrogen and oxygen atoms in total. The molecular formula is C23H44O2Si. The zero-order valence-corrected chi connectivity index (χ0v) is 19.9. The van der Waals surface area contributed by atoms with Crippen molar-refractivity contribution < 1.29 is 9.53 Å². The summed E-state index contributed by atoms with van der Waals surface area (Å²) >= 11 is 0. The first-order chi connectivity index (χ1) is 11.9. The molecule has 0 aliphatic rings. The summed E-state index contributed by atoms with van der Waals surface area (Å²) in [6.07, 6.45) is 12.0. The van der Waals surface area contributed by atoms with Gasteiger partial charge in [0.1, 0.15) is 0 Å². The third kappa shape index (κ3) is 11.2. The smallest absolute Gasteiger partial charge is 0.192 e. The summed E-state index contributed by atoms with van der Waals surface area (Å²) in [7, 11) is -1.82. The Morgan fingerprint density at radius 3 is 2.00 bits per heavy atom. The Morgan fingerprint density at radius 1 is 0.962 bits per heavy atom. The largest absolute Gasteiger partial charge is 0.410 e. The van der Waals surface area contributed by atoms with Crippen LogP contribution >= 0.6 is 0 Å². The van der Waals surface area contributed by atoms with Crippen molar-refractivity contribution >= 4 is 8.32 Å². The molecule has 1 unspecified atom stereocenters. The van der Waals surface area contributed by atoms with Gasteiger partial charge in [-0.2, -0.15) is 0 Å². The number of aliphatic hydroxyl groups is 1. The number of aliphatic hydroxyl groups excluding tert-OH is 1. The van der Waals surface area contributed by atoms with Crippen LogP contribution in [0.5, 0.6) is 0 Å². The van der Waals surface area contributed by atoms with Crippen LogP contribution in [-0.4, -0.2) is 26.1 Å². The van der Waals surface area contributed by atoms with Crippen molar-refractivity contribution in [1.82, 2.24) is 0 Å². The van der Waals surface area contributed by atoms with Crippen LogP contribution in [0.4, 0.5) is 0 Å². The molecular weight excluding hydrogens is 336 g/mol. The fraction of sp³-hybridized carbons (Fsp3) is 0.739. The van der Waals surface area contributed by atoms with Crippen molar-refractivity contribution in [2.24, 2.45) is 0 Å². The van der Waals surface area contributed by atoms with E-state index in [0.717, 1.165) is 25.7 Å². The minimum absolute atomic E-state index is 0.0311. The number of hydrogen-bond acceptors (Lipinski definition) is 2. The molecule has 0 aliphatic heterocycles. The molecule has 1 atom stereocenters. The second kappa shape index (κ2) is 11.9. The van der Waals surface area contributed by atoms with E-state index in [-0.39, 0.29) is 17.7 Å². The van der Waals surface area contributed by atoms with Crippen molar-refractivity contribution in [2.75, 3.05) is 6.61 Å². The summed E-state index contributed by atoms with van der Waals surface area (Å²) in [4.78, 5) is 0. The van der Waals surface area contributed by atoms with E-state index in [9.17, 15) is 5.11 Å². The molecule has 0 aliphatic carbocycles. The van der Waals surface area contributed by atoms with Crippen LogP contribution < -0.4 is 0 Å². The Kier molecular flexibility index (Phi) is 11.6. The Labute approximate surface area is 164 Å². The number of hydrogen-bond donors (Lipinski definition) is 1. The molecule has 0 aromatic carbocycles. The van der Waals surface area contributed by atoms with Gasteiger partial charge in [-0.15, -0.1) is 0 Å². The predicted octanol–water partition coefficient (Wildman–Crippen LogP) is 7.18. The molecule has 0 fully saturated rings. The Hall–Kier alpha value is -0.643. The third-order valence-corrected chi connectivity index (χ3v) is 9.76. The van der Waals surface area contributed by atoms with Crippen LogP contribution in [0.15, 0.2) is 34.9 Å². The molecule has 26 heavy (non-hydrogen) atoms. The minimum atomic E-state index is -1.82. The lowest BCUT2D eigenvalue weighted by Gasteiger charge is -2.38. The van der Waals surface area contributed by atoms with Gasteiger partial charge in [0, 0.05) is 6.61 Å². The maximum absolute atomic E-state index is 9.41. The zero-order valence-electron chi connectivity index (χ0n) is 18.9. The van der Waals surface area contributed by atoms with Crippen LogP contribution in [-0.2, 0) is 4.43 Å². The Bertz CT molecular complexity index is 489. The molecule has 0 aromatic rings. The fourth-order valence-corrected chi connectivity index (χ4v) is 3.79. The lowest BCUT2D eigenvalue weighted by atomic mass is 10.1. The van der Waals surface area contributed by atoms with Crippen molar-refractivity contribution in [3.8, 4) is 0 Å². The van der Waals surface area contributed by atoms with Gasteiger partial charge in [0.15, 0.2) is 8.32 Å². The zero-order chi connectivity index (χ0) is 20.4. The van der Waals surface area contributed by atoms with E-state index in [0.29, 0.717) is 6.42 Å². The molecule has 0 rings (SSSR count). The average Bonchev–Trinajstić information content (AvgIpc) is 2.45.